The van der Waals surface area contributed by atoms with E-state index < -0.39 is 0 Å². The molecule has 2 fully saturated rings. The van der Waals surface area contributed by atoms with Crippen LogP contribution in [0.4, 0.5) is 0 Å². The molecule has 2 aliphatic rings. The maximum absolute atomic E-state index is 6.05. The van der Waals surface area contributed by atoms with E-state index in [1.54, 1.807) is 0 Å². The molecule has 118 valence electrons. The molecule has 1 atom stereocenters. The van der Waals surface area contributed by atoms with Crippen LogP contribution in [0, 0.1) is 0 Å². The molecule has 1 unspecified atom stereocenters. The van der Waals surface area contributed by atoms with Crippen LogP contribution in [0.25, 0.3) is 0 Å². The van der Waals surface area contributed by atoms with E-state index in [-0.39, 0.29) is 5.60 Å². The molecule has 2 saturated heterocycles. The first kappa shape index (κ1) is 16.2. The summed E-state index contributed by atoms with van der Waals surface area (Å²) in [4.78, 5) is 2.14. The number of likely N-dealkylation sites (N-methyl/N-ethyl adjacent to an activating group) is 1. The molecule has 0 aliphatic carbocycles. The average molecular weight is 286 g/mol. The minimum Gasteiger partial charge on any atom is -0.381 e. The third-order valence-electron chi connectivity index (χ3n) is 4.26. The van der Waals surface area contributed by atoms with Crippen LogP contribution < -0.4 is 5.32 Å². The van der Waals surface area contributed by atoms with Gasteiger partial charge in [0.15, 0.2) is 0 Å². The largest absolute Gasteiger partial charge is 0.381 e. The zero-order chi connectivity index (χ0) is 14.3. The maximum Gasteiger partial charge on any atom is 0.0741 e. The summed E-state index contributed by atoms with van der Waals surface area (Å²) < 4.78 is 17.1. The highest BCUT2D eigenvalue weighted by Crippen LogP contribution is 2.34. The standard InChI is InChI=1S/C15H30N2O3/c1-17(2)7-12-19-11-6-16-14-3-8-20-15(13-14)4-9-18-10-5-15/h14,16H,3-13H2,1-2H3. The van der Waals surface area contributed by atoms with Gasteiger partial charge in [-0.15, -0.1) is 0 Å². The minimum absolute atomic E-state index is 0.0833. The lowest BCUT2D eigenvalue weighted by Crippen LogP contribution is -2.50. The molecule has 20 heavy (non-hydrogen) atoms. The van der Waals surface area contributed by atoms with Crippen molar-refractivity contribution in [2.75, 3.05) is 60.2 Å². The van der Waals surface area contributed by atoms with Crippen LogP contribution in [0.15, 0.2) is 0 Å². The van der Waals surface area contributed by atoms with Gasteiger partial charge in [0.1, 0.15) is 0 Å². The van der Waals surface area contributed by atoms with Gasteiger partial charge in [-0.05, 0) is 39.8 Å². The molecule has 0 saturated carbocycles. The fourth-order valence-electron chi connectivity index (χ4n) is 2.98. The lowest BCUT2D eigenvalue weighted by atomic mass is 9.84. The second-order valence-corrected chi connectivity index (χ2v) is 6.20. The summed E-state index contributed by atoms with van der Waals surface area (Å²) in [7, 11) is 4.13. The van der Waals surface area contributed by atoms with Gasteiger partial charge in [0, 0.05) is 39.0 Å². The summed E-state index contributed by atoms with van der Waals surface area (Å²) in [6.07, 6.45) is 4.32. The Labute approximate surface area is 122 Å². The van der Waals surface area contributed by atoms with Crippen molar-refractivity contribution in [3.63, 3.8) is 0 Å². The van der Waals surface area contributed by atoms with E-state index in [4.69, 9.17) is 14.2 Å². The first-order chi connectivity index (χ1) is 9.70. The highest BCUT2D eigenvalue weighted by Gasteiger charge is 2.38. The predicted molar refractivity (Wildman–Crippen MR) is 79.1 cm³/mol. The second kappa shape index (κ2) is 8.29. The smallest absolute Gasteiger partial charge is 0.0741 e. The van der Waals surface area contributed by atoms with Crippen molar-refractivity contribution in [3.8, 4) is 0 Å². The van der Waals surface area contributed by atoms with E-state index in [2.05, 4.69) is 24.3 Å². The van der Waals surface area contributed by atoms with E-state index in [0.29, 0.717) is 6.04 Å². The Morgan fingerprint density at radius 2 is 2.00 bits per heavy atom. The van der Waals surface area contributed by atoms with Gasteiger partial charge in [-0.25, -0.2) is 0 Å². The molecule has 0 amide bonds. The first-order valence-corrected chi connectivity index (χ1v) is 7.88. The molecular formula is C15H30N2O3. The zero-order valence-corrected chi connectivity index (χ0v) is 13.0. The van der Waals surface area contributed by atoms with Crippen LogP contribution >= 0.6 is 0 Å². The van der Waals surface area contributed by atoms with Crippen molar-refractivity contribution in [1.29, 1.82) is 0 Å². The summed E-state index contributed by atoms with van der Waals surface area (Å²) >= 11 is 0. The summed E-state index contributed by atoms with van der Waals surface area (Å²) in [6, 6.07) is 0.569. The van der Waals surface area contributed by atoms with Crippen LogP contribution in [0.3, 0.4) is 0 Å². The van der Waals surface area contributed by atoms with E-state index in [9.17, 15) is 0 Å². The normalized spacial score (nSPS) is 26.2. The molecule has 2 heterocycles. The Hall–Kier alpha value is -0.200. The van der Waals surface area contributed by atoms with E-state index >= 15 is 0 Å². The maximum atomic E-state index is 6.05. The van der Waals surface area contributed by atoms with Crippen LogP contribution in [-0.4, -0.2) is 76.8 Å². The van der Waals surface area contributed by atoms with Crippen LogP contribution in [0.1, 0.15) is 25.7 Å². The fourth-order valence-corrected chi connectivity index (χ4v) is 2.98. The summed E-state index contributed by atoms with van der Waals surface area (Å²) in [6.45, 7) is 6.09. The first-order valence-electron chi connectivity index (χ1n) is 7.88. The SMILES string of the molecule is CN(C)CCOCCNC1CCOC2(CCOCC2)C1. The average Bonchev–Trinajstić information content (AvgIpc) is 2.43. The minimum atomic E-state index is 0.0833. The highest BCUT2D eigenvalue weighted by atomic mass is 16.5. The second-order valence-electron chi connectivity index (χ2n) is 6.20. The zero-order valence-electron chi connectivity index (χ0n) is 13.0. The molecule has 0 radical (unpaired) electrons. The summed E-state index contributed by atoms with van der Waals surface area (Å²) in [5.41, 5.74) is 0.0833. The van der Waals surface area contributed by atoms with Gasteiger partial charge in [-0.3, -0.25) is 0 Å². The Balaban J connectivity index is 1.58. The van der Waals surface area contributed by atoms with Gasteiger partial charge in [0.25, 0.3) is 0 Å². The molecule has 2 aliphatic heterocycles. The highest BCUT2D eigenvalue weighted by molar-refractivity contribution is 4.91. The van der Waals surface area contributed by atoms with Crippen LogP contribution in [0.2, 0.25) is 0 Å². The van der Waals surface area contributed by atoms with Gasteiger partial charge in [0.05, 0.1) is 18.8 Å². The van der Waals surface area contributed by atoms with Crippen molar-refractivity contribution in [2.45, 2.75) is 37.3 Å². The van der Waals surface area contributed by atoms with Crippen molar-refractivity contribution >= 4 is 0 Å². The lowest BCUT2D eigenvalue weighted by Gasteiger charge is -2.43. The Kier molecular flexibility index (Phi) is 6.71. The van der Waals surface area contributed by atoms with Crippen molar-refractivity contribution in [3.05, 3.63) is 0 Å². The quantitative estimate of drug-likeness (QED) is 0.704. The van der Waals surface area contributed by atoms with Gasteiger partial charge >= 0.3 is 0 Å². The number of ether oxygens (including phenoxy) is 3. The third kappa shape index (κ3) is 5.30. The molecule has 0 aromatic heterocycles. The van der Waals surface area contributed by atoms with Crippen molar-refractivity contribution in [2.24, 2.45) is 0 Å². The molecule has 1 spiro atoms. The van der Waals surface area contributed by atoms with E-state index in [1.807, 2.05) is 0 Å². The van der Waals surface area contributed by atoms with Crippen LogP contribution in [-0.2, 0) is 14.2 Å². The molecule has 5 heteroatoms. The van der Waals surface area contributed by atoms with Gasteiger partial charge < -0.3 is 24.4 Å². The van der Waals surface area contributed by atoms with Gasteiger partial charge in [-0.1, -0.05) is 0 Å². The number of rotatable bonds is 7. The molecule has 5 nitrogen and oxygen atoms in total. The number of nitrogens with one attached hydrogen (secondary N) is 1. The van der Waals surface area contributed by atoms with Crippen molar-refractivity contribution in [1.82, 2.24) is 10.2 Å². The molecule has 0 aromatic rings. The lowest BCUT2D eigenvalue weighted by molar-refractivity contribution is -0.140. The Bertz CT molecular complexity index is 262. The number of nitrogens with zero attached hydrogens (tertiary/aromatic N) is 1. The molecule has 2 rings (SSSR count). The van der Waals surface area contributed by atoms with Crippen LogP contribution in [0.5, 0.6) is 0 Å². The van der Waals surface area contributed by atoms with E-state index in [1.165, 1.54) is 0 Å². The van der Waals surface area contributed by atoms with E-state index in [0.717, 1.165) is 71.8 Å². The predicted octanol–water partition coefficient (Wildman–Crippen LogP) is 0.882. The third-order valence-corrected chi connectivity index (χ3v) is 4.26. The number of hydrogen-bond donors (Lipinski definition) is 1. The molecular weight excluding hydrogens is 256 g/mol. The van der Waals surface area contributed by atoms with Gasteiger partial charge in [0.2, 0.25) is 0 Å². The number of hydrogen-bond acceptors (Lipinski definition) is 5. The summed E-state index contributed by atoms with van der Waals surface area (Å²) in [5, 5.41) is 3.62. The molecule has 0 aromatic carbocycles. The van der Waals surface area contributed by atoms with Crippen molar-refractivity contribution < 1.29 is 14.2 Å². The monoisotopic (exact) mass is 286 g/mol. The molecule has 0 bridgehead atoms. The topological polar surface area (TPSA) is 43.0 Å². The Morgan fingerprint density at radius 3 is 2.75 bits per heavy atom. The fraction of sp³-hybridized carbons (Fsp3) is 1.00. The summed E-state index contributed by atoms with van der Waals surface area (Å²) in [5.74, 6) is 0. The van der Waals surface area contributed by atoms with Gasteiger partial charge in [-0.2, -0.15) is 0 Å². The molecule has 1 N–H and O–H groups in total. The Morgan fingerprint density at radius 1 is 1.20 bits per heavy atom.